The van der Waals surface area contributed by atoms with E-state index in [-0.39, 0.29) is 30.6 Å². The van der Waals surface area contributed by atoms with Gasteiger partial charge in [0, 0.05) is 51.0 Å². The average molecular weight is 751 g/mol. The largest absolute Gasteiger partial charge is 0.493 e. The fourth-order valence-electron chi connectivity index (χ4n) is 7.25. The summed E-state index contributed by atoms with van der Waals surface area (Å²) in [6.45, 7) is 2.88. The van der Waals surface area contributed by atoms with Crippen molar-refractivity contribution < 1.29 is 33.6 Å². The number of carbonyl (C=O) groups excluding carboxylic acids is 2. The van der Waals surface area contributed by atoms with E-state index in [1.807, 2.05) is 60.7 Å². The van der Waals surface area contributed by atoms with Gasteiger partial charge in [0.15, 0.2) is 17.8 Å². The van der Waals surface area contributed by atoms with Crippen LogP contribution in [-0.2, 0) is 45.2 Å². The number of benzene rings is 4. The predicted octanol–water partition coefficient (Wildman–Crippen LogP) is 6.98. The maximum atomic E-state index is 12.6. The van der Waals surface area contributed by atoms with Gasteiger partial charge < -0.3 is 40.4 Å². The number of nitrogens with zero attached hydrogens (tertiary/aromatic N) is 1. The van der Waals surface area contributed by atoms with Crippen molar-refractivity contribution >= 4 is 23.2 Å². The van der Waals surface area contributed by atoms with E-state index in [1.54, 1.807) is 26.4 Å². The number of nitrogens with one attached hydrogen (secondary N) is 2. The smallest absolute Gasteiger partial charge is 0.224 e. The number of hydrogen-bond acceptors (Lipinski definition) is 9. The van der Waals surface area contributed by atoms with Gasteiger partial charge in [0.05, 0.1) is 44.4 Å². The number of hydrogen-bond donors (Lipinski definition) is 4. The van der Waals surface area contributed by atoms with Gasteiger partial charge in [-0.2, -0.15) is 0 Å². The molecule has 0 radical (unpaired) electrons. The Labute approximate surface area is 324 Å². The minimum absolute atomic E-state index is 0.00590. The number of aliphatic hydroxyl groups is 1. The molecular formula is C44H54N4O7. The summed E-state index contributed by atoms with van der Waals surface area (Å²) in [4.78, 5) is 27.2. The number of fused-ring (bicyclic) bond motifs is 1. The molecule has 1 fully saturated rings. The zero-order chi connectivity index (χ0) is 38.6. The van der Waals surface area contributed by atoms with Gasteiger partial charge in [0.1, 0.15) is 0 Å². The number of carbonyl (C=O) groups is 2. The standard InChI is InChI=1S/C44H54N4O7/c1-52-40-23-34-21-22-48(27-35(34)24-41(40)53-2)28-36-25-39(32-17-15-31(29-49)16-18-32)55-44(54-36)33-19-13-30(14-20-33)26-46-42(50)11-5-3-4-6-12-43(51)47-38-10-8-7-9-37(38)45/h7-10,13-20,23-24,36,39,44,49H,3-6,11-12,21-22,25-29,45H2,1-2H3,(H,46,50)(H,47,51)/t36-,39+,44+/m0/s1. The highest BCUT2D eigenvalue weighted by Gasteiger charge is 2.34. The molecule has 2 aliphatic rings. The lowest BCUT2D eigenvalue weighted by atomic mass is 9.97. The molecule has 0 saturated carbocycles. The summed E-state index contributed by atoms with van der Waals surface area (Å²) < 4.78 is 24.4. The van der Waals surface area contributed by atoms with Gasteiger partial charge in [-0.3, -0.25) is 14.5 Å². The Morgan fingerprint density at radius 1 is 0.818 bits per heavy atom. The van der Waals surface area contributed by atoms with Gasteiger partial charge >= 0.3 is 0 Å². The lowest BCUT2D eigenvalue weighted by Crippen LogP contribution is -2.41. The van der Waals surface area contributed by atoms with Crippen molar-refractivity contribution in [2.24, 2.45) is 0 Å². The molecule has 4 aromatic rings. The van der Waals surface area contributed by atoms with Gasteiger partial charge in [-0.1, -0.05) is 73.5 Å². The van der Waals surface area contributed by atoms with E-state index in [0.29, 0.717) is 37.2 Å². The molecule has 0 aliphatic carbocycles. The molecule has 0 aromatic heterocycles. The third-order valence-corrected chi connectivity index (χ3v) is 10.4. The van der Waals surface area contributed by atoms with Crippen molar-refractivity contribution in [3.63, 3.8) is 0 Å². The Balaban J connectivity index is 0.985. The van der Waals surface area contributed by atoms with Gasteiger partial charge in [-0.05, 0) is 71.3 Å². The number of para-hydroxylation sites is 2. The summed E-state index contributed by atoms with van der Waals surface area (Å²) in [7, 11) is 3.33. The van der Waals surface area contributed by atoms with E-state index in [1.165, 1.54) is 11.1 Å². The normalized spacial score (nSPS) is 18.3. The average Bonchev–Trinajstić information content (AvgIpc) is 3.21. The predicted molar refractivity (Wildman–Crippen MR) is 212 cm³/mol. The Kier molecular flexibility index (Phi) is 14.2. The highest BCUT2D eigenvalue weighted by Crippen LogP contribution is 2.39. The van der Waals surface area contributed by atoms with Gasteiger partial charge in [-0.15, -0.1) is 0 Å². The Morgan fingerprint density at radius 3 is 2.16 bits per heavy atom. The van der Waals surface area contributed by atoms with E-state index in [9.17, 15) is 14.7 Å². The lowest BCUT2D eigenvalue weighted by molar-refractivity contribution is -0.253. The first-order valence-electron chi connectivity index (χ1n) is 19.3. The number of unbranched alkanes of at least 4 members (excludes halogenated alkanes) is 3. The van der Waals surface area contributed by atoms with Crippen molar-refractivity contribution in [2.45, 2.75) is 89.6 Å². The van der Waals surface area contributed by atoms with E-state index in [0.717, 1.165) is 85.5 Å². The minimum atomic E-state index is -0.561. The molecule has 4 aromatic carbocycles. The molecular weight excluding hydrogens is 697 g/mol. The van der Waals surface area contributed by atoms with Crippen molar-refractivity contribution in [3.05, 3.63) is 118 Å². The Morgan fingerprint density at radius 2 is 1.47 bits per heavy atom. The van der Waals surface area contributed by atoms with Crippen LogP contribution < -0.4 is 25.8 Å². The summed E-state index contributed by atoms with van der Waals surface area (Å²) >= 11 is 0. The summed E-state index contributed by atoms with van der Waals surface area (Å²) in [5, 5.41) is 15.5. The summed E-state index contributed by atoms with van der Waals surface area (Å²) in [5.41, 5.74) is 13.4. The van der Waals surface area contributed by atoms with Crippen molar-refractivity contribution in [1.82, 2.24) is 10.2 Å². The quantitative estimate of drug-likeness (QED) is 0.0664. The molecule has 0 unspecified atom stereocenters. The number of nitrogen functional groups attached to an aromatic ring is 1. The van der Waals surface area contributed by atoms with E-state index >= 15 is 0 Å². The SMILES string of the molecule is COc1cc2c(cc1OC)CN(C[C@@H]1C[C@H](c3ccc(CO)cc3)O[C@H](c3ccc(CNC(=O)CCCCCCC(=O)Nc4ccccc4N)cc3)O1)CC2. The molecule has 55 heavy (non-hydrogen) atoms. The van der Waals surface area contributed by atoms with E-state index in [4.69, 9.17) is 24.7 Å². The van der Waals surface area contributed by atoms with E-state index < -0.39 is 6.29 Å². The second-order valence-corrected chi connectivity index (χ2v) is 14.4. The zero-order valence-electron chi connectivity index (χ0n) is 31.9. The molecule has 292 valence electrons. The van der Waals surface area contributed by atoms with Crippen LogP contribution in [0.2, 0.25) is 0 Å². The molecule has 5 N–H and O–H groups in total. The van der Waals surface area contributed by atoms with E-state index in [2.05, 4.69) is 27.7 Å². The minimum Gasteiger partial charge on any atom is -0.493 e. The lowest BCUT2D eigenvalue weighted by Gasteiger charge is -2.39. The summed E-state index contributed by atoms with van der Waals surface area (Å²) in [5.74, 6) is 1.45. The maximum absolute atomic E-state index is 12.6. The van der Waals surface area contributed by atoms with Crippen LogP contribution in [0.4, 0.5) is 11.4 Å². The molecule has 2 heterocycles. The van der Waals surface area contributed by atoms with Crippen LogP contribution in [0, 0.1) is 0 Å². The molecule has 3 atom stereocenters. The van der Waals surface area contributed by atoms with Crippen LogP contribution in [0.5, 0.6) is 11.5 Å². The number of aliphatic hydroxyl groups excluding tert-OH is 1. The number of ether oxygens (including phenoxy) is 4. The third kappa shape index (κ3) is 11.1. The van der Waals surface area contributed by atoms with Crippen molar-refractivity contribution in [2.75, 3.05) is 38.4 Å². The van der Waals surface area contributed by atoms with Gasteiger partial charge in [0.2, 0.25) is 11.8 Å². The fourth-order valence-corrected chi connectivity index (χ4v) is 7.25. The molecule has 0 spiro atoms. The monoisotopic (exact) mass is 750 g/mol. The molecule has 0 bridgehead atoms. The number of nitrogens with two attached hydrogens (primary N) is 1. The van der Waals surface area contributed by atoms with Crippen molar-refractivity contribution in [3.8, 4) is 11.5 Å². The second kappa shape index (κ2) is 19.6. The highest BCUT2D eigenvalue weighted by atomic mass is 16.7. The fraction of sp³-hybridized carbons (Fsp3) is 0.409. The number of methoxy groups -OCH3 is 2. The van der Waals surface area contributed by atoms with Crippen LogP contribution in [0.1, 0.15) is 90.7 Å². The molecule has 1 saturated heterocycles. The van der Waals surface area contributed by atoms with Crippen LogP contribution in [0.25, 0.3) is 0 Å². The highest BCUT2D eigenvalue weighted by molar-refractivity contribution is 5.93. The van der Waals surface area contributed by atoms with Crippen LogP contribution in [0.3, 0.4) is 0 Å². The summed E-state index contributed by atoms with van der Waals surface area (Å²) in [6.07, 6.45) is 4.96. The van der Waals surface area contributed by atoms with Crippen LogP contribution in [-0.4, -0.2) is 55.2 Å². The Bertz CT molecular complexity index is 1870. The van der Waals surface area contributed by atoms with Gasteiger partial charge in [0.25, 0.3) is 0 Å². The molecule has 11 heteroatoms. The Hall–Kier alpha value is -4.94. The number of amides is 2. The maximum Gasteiger partial charge on any atom is 0.224 e. The molecule has 2 aliphatic heterocycles. The molecule has 2 amide bonds. The third-order valence-electron chi connectivity index (χ3n) is 10.4. The first-order valence-corrected chi connectivity index (χ1v) is 19.3. The van der Waals surface area contributed by atoms with Crippen LogP contribution in [0.15, 0.2) is 84.9 Å². The molecule has 11 nitrogen and oxygen atoms in total. The molecule has 6 rings (SSSR count). The van der Waals surface area contributed by atoms with Crippen molar-refractivity contribution in [1.29, 1.82) is 0 Å². The van der Waals surface area contributed by atoms with Crippen LogP contribution >= 0.6 is 0 Å². The summed E-state index contributed by atoms with van der Waals surface area (Å²) in [6, 6.07) is 27.4. The first kappa shape index (κ1) is 39.7. The first-order chi connectivity index (χ1) is 26.8. The zero-order valence-corrected chi connectivity index (χ0v) is 31.9. The second-order valence-electron chi connectivity index (χ2n) is 14.4. The number of rotatable bonds is 17. The number of anilines is 2. The topological polar surface area (TPSA) is 145 Å². The van der Waals surface area contributed by atoms with Gasteiger partial charge in [-0.25, -0.2) is 0 Å².